The third kappa shape index (κ3) is 3.14. The van der Waals surface area contributed by atoms with Crippen LogP contribution in [0.25, 0.3) is 16.6 Å². The Balaban J connectivity index is 1.89. The highest BCUT2D eigenvalue weighted by molar-refractivity contribution is 5.82. The van der Waals surface area contributed by atoms with E-state index in [-0.39, 0.29) is 5.56 Å². The Bertz CT molecular complexity index is 1430. The van der Waals surface area contributed by atoms with Gasteiger partial charge in [-0.15, -0.1) is 0 Å². The fraction of sp³-hybridized carbons (Fsp3) is 0.0500. The molecular weight excluding hydrogens is 374 g/mol. The lowest BCUT2D eigenvalue weighted by atomic mass is 10.2. The molecule has 4 rings (SSSR count). The largest absolute Gasteiger partial charge is 0.493 e. The van der Waals surface area contributed by atoms with Crippen molar-refractivity contribution in [2.75, 3.05) is 0 Å². The number of hydrogen-bond acceptors (Lipinski definition) is 6. The molecule has 0 aliphatic heterocycles. The molecular formula is C20H15N5O4. The lowest BCUT2D eigenvalue weighted by Crippen LogP contribution is -2.31. The number of H-pyrrole nitrogens is 1. The van der Waals surface area contributed by atoms with Gasteiger partial charge in [-0.05, 0) is 31.2 Å². The van der Waals surface area contributed by atoms with Crippen LogP contribution in [0.15, 0.2) is 74.1 Å². The quantitative estimate of drug-likeness (QED) is 0.509. The number of nitrogens with zero attached hydrogens (tertiary/aromatic N) is 4. The Hall–Kier alpha value is -4.27. The molecule has 4 aromatic rings. The summed E-state index contributed by atoms with van der Waals surface area (Å²) in [6, 6.07) is 15.1. The van der Waals surface area contributed by atoms with Crippen molar-refractivity contribution >= 4 is 17.1 Å². The summed E-state index contributed by atoms with van der Waals surface area (Å²) in [5, 5.41) is 14.9. The number of aryl methyl sites for hydroxylation is 1. The van der Waals surface area contributed by atoms with Crippen molar-refractivity contribution in [3.05, 3.63) is 97.2 Å². The molecule has 0 atom stereocenters. The molecule has 9 nitrogen and oxygen atoms in total. The molecule has 0 radical (unpaired) electrons. The molecule has 0 bridgehead atoms. The zero-order valence-corrected chi connectivity index (χ0v) is 15.2. The van der Waals surface area contributed by atoms with Gasteiger partial charge in [0.05, 0.1) is 22.8 Å². The summed E-state index contributed by atoms with van der Waals surface area (Å²) < 4.78 is 1.97. The van der Waals surface area contributed by atoms with Crippen LogP contribution in [0.2, 0.25) is 0 Å². The Morgan fingerprint density at radius 3 is 2.48 bits per heavy atom. The Kier molecular flexibility index (Phi) is 4.40. The first-order chi connectivity index (χ1) is 14.0. The van der Waals surface area contributed by atoms with E-state index < -0.39 is 22.7 Å². The number of aromatic amines is 1. The van der Waals surface area contributed by atoms with Gasteiger partial charge in [0.25, 0.3) is 11.1 Å². The number of aromatic hydroxyl groups is 1. The van der Waals surface area contributed by atoms with Gasteiger partial charge in [-0.25, -0.2) is 14.3 Å². The fourth-order valence-corrected chi connectivity index (χ4v) is 2.96. The molecule has 9 heteroatoms. The molecule has 0 unspecified atom stereocenters. The van der Waals surface area contributed by atoms with Crippen LogP contribution in [-0.2, 0) is 0 Å². The smallest absolute Gasteiger partial charge is 0.335 e. The van der Waals surface area contributed by atoms with Crippen LogP contribution in [0.1, 0.15) is 11.4 Å². The highest BCUT2D eigenvalue weighted by atomic mass is 16.3. The maximum atomic E-state index is 12.7. The molecule has 0 amide bonds. The van der Waals surface area contributed by atoms with E-state index in [2.05, 4.69) is 15.1 Å². The van der Waals surface area contributed by atoms with E-state index in [0.717, 1.165) is 15.5 Å². The van der Waals surface area contributed by atoms with Crippen LogP contribution in [-0.4, -0.2) is 30.5 Å². The van der Waals surface area contributed by atoms with Crippen LogP contribution in [0.5, 0.6) is 5.88 Å². The number of nitrogens with one attached hydrogen (secondary N) is 1. The van der Waals surface area contributed by atoms with Crippen molar-refractivity contribution in [3.63, 3.8) is 0 Å². The molecule has 29 heavy (non-hydrogen) atoms. The minimum absolute atomic E-state index is 0.270. The van der Waals surface area contributed by atoms with Gasteiger partial charge in [-0.1, -0.05) is 30.3 Å². The van der Waals surface area contributed by atoms with E-state index in [1.807, 2.05) is 0 Å². The third-order valence-electron chi connectivity index (χ3n) is 4.35. The zero-order chi connectivity index (χ0) is 20.5. The number of benzene rings is 2. The minimum atomic E-state index is -0.831. The number of hydrogen-bond donors (Lipinski definition) is 2. The van der Waals surface area contributed by atoms with Crippen molar-refractivity contribution in [1.82, 2.24) is 19.2 Å². The van der Waals surface area contributed by atoms with Crippen LogP contribution >= 0.6 is 0 Å². The van der Waals surface area contributed by atoms with Gasteiger partial charge in [0.15, 0.2) is 0 Å². The van der Waals surface area contributed by atoms with Crippen molar-refractivity contribution < 1.29 is 5.11 Å². The van der Waals surface area contributed by atoms with Crippen molar-refractivity contribution in [2.45, 2.75) is 6.92 Å². The Morgan fingerprint density at radius 1 is 1.03 bits per heavy atom. The molecule has 0 saturated heterocycles. The van der Waals surface area contributed by atoms with E-state index >= 15 is 0 Å². The molecule has 2 N–H and O–H groups in total. The molecule has 0 fully saturated rings. The van der Waals surface area contributed by atoms with Crippen molar-refractivity contribution in [2.24, 2.45) is 5.10 Å². The molecule has 0 saturated carbocycles. The standard InChI is InChI=1S/C20H15N5O4/c1-12-22-16-10-6-5-9-14(16)19(28)25(12)21-11-15-17(26)23-20(29)24(18(15)27)13-7-3-2-4-8-13/h2-11,27H,1H3,(H,23,26,29)/b21-11+. The minimum Gasteiger partial charge on any atom is -0.493 e. The first kappa shape index (κ1) is 18.1. The van der Waals surface area contributed by atoms with Gasteiger partial charge >= 0.3 is 5.69 Å². The first-order valence-electron chi connectivity index (χ1n) is 8.64. The van der Waals surface area contributed by atoms with E-state index in [0.29, 0.717) is 22.4 Å². The summed E-state index contributed by atoms with van der Waals surface area (Å²) in [4.78, 5) is 43.6. The molecule has 2 heterocycles. The molecule has 144 valence electrons. The molecule has 2 aromatic heterocycles. The van der Waals surface area contributed by atoms with Gasteiger partial charge in [0.1, 0.15) is 11.4 Å². The number of aromatic nitrogens is 4. The summed E-state index contributed by atoms with van der Waals surface area (Å²) >= 11 is 0. The van der Waals surface area contributed by atoms with Gasteiger partial charge in [0, 0.05) is 0 Å². The number of para-hydroxylation sites is 2. The van der Waals surface area contributed by atoms with E-state index in [1.165, 1.54) is 0 Å². The maximum absolute atomic E-state index is 12.7. The third-order valence-corrected chi connectivity index (χ3v) is 4.35. The van der Waals surface area contributed by atoms with Gasteiger partial charge in [-0.2, -0.15) is 9.78 Å². The van der Waals surface area contributed by atoms with Gasteiger partial charge in [-0.3, -0.25) is 14.6 Å². The second-order valence-corrected chi connectivity index (χ2v) is 6.21. The maximum Gasteiger partial charge on any atom is 0.335 e. The number of rotatable bonds is 3. The molecule has 0 spiro atoms. The van der Waals surface area contributed by atoms with E-state index in [4.69, 9.17) is 0 Å². The summed E-state index contributed by atoms with van der Waals surface area (Å²) in [5.74, 6) is -0.287. The van der Waals surface area contributed by atoms with E-state index in [1.54, 1.807) is 61.5 Å². The Morgan fingerprint density at radius 2 is 1.72 bits per heavy atom. The van der Waals surface area contributed by atoms with Crippen LogP contribution < -0.4 is 16.8 Å². The molecule has 0 aliphatic rings. The average Bonchev–Trinajstić information content (AvgIpc) is 2.70. The Labute approximate surface area is 162 Å². The highest BCUT2D eigenvalue weighted by Crippen LogP contribution is 2.15. The predicted octanol–water partition coefficient (Wildman–Crippen LogP) is 1.13. The van der Waals surface area contributed by atoms with Crippen LogP contribution in [0.4, 0.5) is 0 Å². The van der Waals surface area contributed by atoms with Crippen molar-refractivity contribution in [3.8, 4) is 11.6 Å². The lowest BCUT2D eigenvalue weighted by molar-refractivity contribution is 0.430. The van der Waals surface area contributed by atoms with Gasteiger partial charge < -0.3 is 5.11 Å². The topological polar surface area (TPSA) is 122 Å². The predicted molar refractivity (Wildman–Crippen MR) is 108 cm³/mol. The summed E-state index contributed by atoms with van der Waals surface area (Å²) in [5.41, 5.74) is -1.43. The van der Waals surface area contributed by atoms with Crippen molar-refractivity contribution in [1.29, 1.82) is 0 Å². The summed E-state index contributed by atoms with van der Waals surface area (Å²) in [6.45, 7) is 1.60. The second-order valence-electron chi connectivity index (χ2n) is 6.21. The summed E-state index contributed by atoms with van der Waals surface area (Å²) in [6.07, 6.45) is 1.03. The number of fused-ring (bicyclic) bond motifs is 1. The van der Waals surface area contributed by atoms with Crippen LogP contribution in [0.3, 0.4) is 0 Å². The first-order valence-corrected chi connectivity index (χ1v) is 8.64. The SMILES string of the molecule is Cc1nc2ccccc2c(=O)n1/N=C/c1c(O)n(-c2ccccc2)c(=O)[nH]c1=O. The van der Waals surface area contributed by atoms with E-state index in [9.17, 15) is 19.5 Å². The normalized spacial score (nSPS) is 11.3. The summed E-state index contributed by atoms with van der Waals surface area (Å²) in [7, 11) is 0. The second kappa shape index (κ2) is 7.04. The average molecular weight is 389 g/mol. The highest BCUT2D eigenvalue weighted by Gasteiger charge is 2.14. The zero-order valence-electron chi connectivity index (χ0n) is 15.2. The lowest BCUT2D eigenvalue weighted by Gasteiger charge is -2.09. The molecule has 0 aliphatic carbocycles. The van der Waals surface area contributed by atoms with Gasteiger partial charge in [0.2, 0.25) is 5.88 Å². The monoisotopic (exact) mass is 389 g/mol. The fourth-order valence-electron chi connectivity index (χ4n) is 2.96. The van der Waals surface area contributed by atoms with Crippen LogP contribution in [0, 0.1) is 6.92 Å². The molecule has 2 aromatic carbocycles.